The third-order valence-corrected chi connectivity index (χ3v) is 3.85. The summed E-state index contributed by atoms with van der Waals surface area (Å²) in [5.74, 6) is -0.191. The van der Waals surface area contributed by atoms with Gasteiger partial charge in [0.1, 0.15) is 0 Å². The van der Waals surface area contributed by atoms with Crippen LogP contribution in [0.5, 0.6) is 0 Å². The average molecular weight is 308 g/mol. The number of primary sulfonamides is 1. The van der Waals surface area contributed by atoms with Gasteiger partial charge < -0.3 is 5.32 Å². The molecule has 0 bridgehead atoms. The molecule has 1 amide bonds. The molecule has 1 aromatic heterocycles. The zero-order chi connectivity index (χ0) is 15.5. The van der Waals surface area contributed by atoms with Crippen LogP contribution in [0.4, 0.5) is 0 Å². The van der Waals surface area contributed by atoms with Crippen LogP contribution >= 0.6 is 0 Å². The molecule has 0 saturated carbocycles. The number of aryl methyl sites for hydroxylation is 1. The molecule has 1 heterocycles. The van der Waals surface area contributed by atoms with Crippen molar-refractivity contribution in [3.05, 3.63) is 47.8 Å². The van der Waals surface area contributed by atoms with Gasteiger partial charge in [-0.15, -0.1) is 0 Å². The summed E-state index contributed by atoms with van der Waals surface area (Å²) in [5.41, 5.74) is 1.41. The highest BCUT2D eigenvalue weighted by atomic mass is 32.2. The van der Waals surface area contributed by atoms with Gasteiger partial charge in [0.15, 0.2) is 0 Å². The number of nitrogens with one attached hydrogen (secondary N) is 1. The molecule has 2 aromatic rings. The van der Waals surface area contributed by atoms with E-state index in [4.69, 9.17) is 5.14 Å². The van der Waals surface area contributed by atoms with Crippen molar-refractivity contribution in [1.82, 2.24) is 15.1 Å². The summed E-state index contributed by atoms with van der Waals surface area (Å²) < 4.78 is 23.8. The fraction of sp³-hybridized carbons (Fsp3) is 0.231. The molecule has 8 heteroatoms. The van der Waals surface area contributed by atoms with E-state index in [9.17, 15) is 13.2 Å². The fourth-order valence-corrected chi connectivity index (χ4v) is 2.32. The molecule has 0 saturated heterocycles. The van der Waals surface area contributed by atoms with E-state index in [1.54, 1.807) is 30.1 Å². The van der Waals surface area contributed by atoms with E-state index in [1.807, 2.05) is 0 Å². The quantitative estimate of drug-likeness (QED) is 0.813. The molecule has 112 valence electrons. The molecule has 0 unspecified atom stereocenters. The summed E-state index contributed by atoms with van der Waals surface area (Å²) in [5, 5.41) is 11.7. The first-order chi connectivity index (χ1) is 9.86. The predicted molar refractivity (Wildman–Crippen MR) is 77.1 cm³/mol. The molecule has 0 spiro atoms. The number of amides is 1. The minimum atomic E-state index is -3.67. The lowest BCUT2D eigenvalue weighted by atomic mass is 10.1. The standard InChI is InChI=1S/C13H16N4O3S/c1-17-9-11(8-16-17)13(18)15-7-6-10-2-4-12(5-3-10)21(14,19)20/h2-5,8-9H,6-7H2,1H3,(H,15,18)(H2,14,19,20). The van der Waals surface area contributed by atoms with E-state index in [0.717, 1.165) is 5.56 Å². The number of aromatic nitrogens is 2. The molecule has 0 radical (unpaired) electrons. The van der Waals surface area contributed by atoms with E-state index in [1.165, 1.54) is 18.3 Å². The van der Waals surface area contributed by atoms with E-state index in [-0.39, 0.29) is 10.8 Å². The Bertz CT molecular complexity index is 735. The Balaban J connectivity index is 1.88. The van der Waals surface area contributed by atoms with Crippen molar-refractivity contribution in [2.24, 2.45) is 12.2 Å². The van der Waals surface area contributed by atoms with Gasteiger partial charge in [-0.1, -0.05) is 12.1 Å². The SMILES string of the molecule is Cn1cc(C(=O)NCCc2ccc(S(N)(=O)=O)cc2)cn1. The zero-order valence-electron chi connectivity index (χ0n) is 11.5. The number of nitrogens with two attached hydrogens (primary N) is 1. The van der Waals surface area contributed by atoms with Crippen LogP contribution in [0.25, 0.3) is 0 Å². The predicted octanol–water partition coefficient (Wildman–Crippen LogP) is 0.0400. The highest BCUT2D eigenvalue weighted by Crippen LogP contribution is 2.09. The molecule has 7 nitrogen and oxygen atoms in total. The molecule has 3 N–H and O–H groups in total. The van der Waals surface area contributed by atoms with E-state index >= 15 is 0 Å². The molecule has 0 aliphatic carbocycles. The van der Waals surface area contributed by atoms with Crippen LogP contribution in [0.15, 0.2) is 41.6 Å². The highest BCUT2D eigenvalue weighted by Gasteiger charge is 2.08. The lowest BCUT2D eigenvalue weighted by Gasteiger charge is -2.05. The second kappa shape index (κ2) is 6.06. The van der Waals surface area contributed by atoms with Gasteiger partial charge in [0, 0.05) is 19.8 Å². The van der Waals surface area contributed by atoms with Gasteiger partial charge in [-0.25, -0.2) is 13.6 Å². The second-order valence-electron chi connectivity index (χ2n) is 4.60. The zero-order valence-corrected chi connectivity index (χ0v) is 12.3. The van der Waals surface area contributed by atoms with Crippen molar-refractivity contribution in [1.29, 1.82) is 0 Å². The number of benzene rings is 1. The molecule has 0 fully saturated rings. The van der Waals surface area contributed by atoms with Crippen LogP contribution < -0.4 is 10.5 Å². The Morgan fingerprint density at radius 3 is 2.52 bits per heavy atom. The Labute approximate surface area is 122 Å². The monoisotopic (exact) mass is 308 g/mol. The van der Waals surface area contributed by atoms with Crippen molar-refractivity contribution in [2.45, 2.75) is 11.3 Å². The Morgan fingerprint density at radius 1 is 1.33 bits per heavy atom. The molecular weight excluding hydrogens is 292 g/mol. The molecule has 0 aliphatic rings. The van der Waals surface area contributed by atoms with Gasteiger partial charge >= 0.3 is 0 Å². The number of sulfonamides is 1. The third kappa shape index (κ3) is 4.14. The van der Waals surface area contributed by atoms with Gasteiger partial charge in [-0.05, 0) is 24.1 Å². The average Bonchev–Trinajstić information content (AvgIpc) is 2.85. The van der Waals surface area contributed by atoms with Crippen molar-refractivity contribution >= 4 is 15.9 Å². The maximum absolute atomic E-state index is 11.8. The molecule has 2 rings (SSSR count). The van der Waals surface area contributed by atoms with Crippen LogP contribution in [0, 0.1) is 0 Å². The van der Waals surface area contributed by atoms with Gasteiger partial charge in [-0.3, -0.25) is 9.48 Å². The minimum absolute atomic E-state index is 0.0747. The van der Waals surface area contributed by atoms with Crippen LogP contribution in [-0.2, 0) is 23.5 Å². The highest BCUT2D eigenvalue weighted by molar-refractivity contribution is 7.89. The van der Waals surface area contributed by atoms with Gasteiger partial charge in [0.2, 0.25) is 10.0 Å². The molecule has 0 aliphatic heterocycles. The maximum atomic E-state index is 11.8. The summed E-state index contributed by atoms with van der Waals surface area (Å²) >= 11 is 0. The number of nitrogens with zero attached hydrogens (tertiary/aromatic N) is 2. The number of rotatable bonds is 5. The fourth-order valence-electron chi connectivity index (χ4n) is 1.81. The molecule has 0 atom stereocenters. The summed E-state index contributed by atoms with van der Waals surface area (Å²) in [7, 11) is -1.93. The molecule has 21 heavy (non-hydrogen) atoms. The Hall–Kier alpha value is -2.19. The van der Waals surface area contributed by atoms with E-state index < -0.39 is 10.0 Å². The van der Waals surface area contributed by atoms with Crippen LogP contribution in [0.3, 0.4) is 0 Å². The minimum Gasteiger partial charge on any atom is -0.352 e. The topological polar surface area (TPSA) is 107 Å². The van der Waals surface area contributed by atoms with E-state index in [2.05, 4.69) is 10.4 Å². The largest absolute Gasteiger partial charge is 0.352 e. The molecule has 1 aromatic carbocycles. The van der Waals surface area contributed by atoms with Gasteiger partial charge in [0.25, 0.3) is 5.91 Å². The van der Waals surface area contributed by atoms with Crippen molar-refractivity contribution < 1.29 is 13.2 Å². The smallest absolute Gasteiger partial charge is 0.254 e. The molecular formula is C13H16N4O3S. The number of carbonyl (C=O) groups excluding carboxylic acids is 1. The Kier molecular flexibility index (Phi) is 4.39. The van der Waals surface area contributed by atoms with Crippen molar-refractivity contribution in [3.8, 4) is 0 Å². The second-order valence-corrected chi connectivity index (χ2v) is 6.16. The summed E-state index contributed by atoms with van der Waals surface area (Å²) in [6, 6.07) is 6.26. The maximum Gasteiger partial charge on any atom is 0.254 e. The van der Waals surface area contributed by atoms with Crippen molar-refractivity contribution in [3.63, 3.8) is 0 Å². The van der Waals surface area contributed by atoms with E-state index in [0.29, 0.717) is 18.5 Å². The number of carbonyl (C=O) groups is 1. The van der Waals surface area contributed by atoms with Crippen LogP contribution in [0.1, 0.15) is 15.9 Å². The normalized spacial score (nSPS) is 11.3. The number of hydrogen-bond donors (Lipinski definition) is 2. The lowest BCUT2D eigenvalue weighted by molar-refractivity contribution is 0.0954. The van der Waals surface area contributed by atoms with Gasteiger partial charge in [0.05, 0.1) is 16.7 Å². The van der Waals surface area contributed by atoms with Crippen molar-refractivity contribution in [2.75, 3.05) is 6.54 Å². The summed E-state index contributed by atoms with van der Waals surface area (Å²) in [4.78, 5) is 11.8. The first-order valence-electron chi connectivity index (χ1n) is 6.25. The first-order valence-corrected chi connectivity index (χ1v) is 7.79. The number of hydrogen-bond acceptors (Lipinski definition) is 4. The third-order valence-electron chi connectivity index (χ3n) is 2.92. The lowest BCUT2D eigenvalue weighted by Crippen LogP contribution is -2.25. The summed E-state index contributed by atoms with van der Waals surface area (Å²) in [6.07, 6.45) is 3.73. The van der Waals surface area contributed by atoms with Gasteiger partial charge in [-0.2, -0.15) is 5.10 Å². The Morgan fingerprint density at radius 2 is 2.00 bits per heavy atom. The van der Waals surface area contributed by atoms with Crippen LogP contribution in [-0.4, -0.2) is 30.7 Å². The van der Waals surface area contributed by atoms with Crippen LogP contribution in [0.2, 0.25) is 0 Å². The summed E-state index contributed by atoms with van der Waals surface area (Å²) in [6.45, 7) is 0.447. The first kappa shape index (κ1) is 15.2.